The minimum Gasteiger partial charge on any atom is -0.480 e. The molecule has 1 fully saturated rings. The van der Waals surface area contributed by atoms with E-state index in [0.29, 0.717) is 0 Å². The molecule has 82 valence electrons. The second kappa shape index (κ2) is 5.17. The Morgan fingerprint density at radius 2 is 2.00 bits per heavy atom. The molecular weight excluding hydrogens is 208 g/mol. The van der Waals surface area contributed by atoms with Crippen LogP contribution in [-0.4, -0.2) is 29.1 Å². The van der Waals surface area contributed by atoms with Crippen LogP contribution in [-0.2, 0) is 9.59 Å². The molecule has 0 spiro atoms. The first-order valence-electron chi connectivity index (χ1n) is 4.31. The van der Waals surface area contributed by atoms with Crippen LogP contribution < -0.4 is 11.1 Å². The highest BCUT2D eigenvalue weighted by Crippen LogP contribution is 2.32. The van der Waals surface area contributed by atoms with E-state index in [1.54, 1.807) is 0 Å². The van der Waals surface area contributed by atoms with Crippen LogP contribution in [0.1, 0.15) is 19.8 Å². The fraction of sp³-hybridized carbons (Fsp3) is 0.750. The molecule has 0 aromatic rings. The van der Waals surface area contributed by atoms with Crippen molar-refractivity contribution in [1.29, 1.82) is 0 Å². The minimum absolute atomic E-state index is 0. The van der Waals surface area contributed by atoms with E-state index in [-0.39, 0.29) is 18.3 Å². The molecule has 0 radical (unpaired) electrons. The molecule has 0 aliphatic heterocycles. The van der Waals surface area contributed by atoms with Gasteiger partial charge < -0.3 is 16.2 Å². The Morgan fingerprint density at radius 3 is 2.29 bits per heavy atom. The molecule has 1 amide bonds. The van der Waals surface area contributed by atoms with Crippen LogP contribution in [0.3, 0.4) is 0 Å². The van der Waals surface area contributed by atoms with Gasteiger partial charge in [-0.05, 0) is 25.7 Å². The van der Waals surface area contributed by atoms with Gasteiger partial charge in [-0.15, -0.1) is 12.4 Å². The summed E-state index contributed by atoms with van der Waals surface area (Å²) in [7, 11) is 0. The summed E-state index contributed by atoms with van der Waals surface area (Å²) in [6, 6.07) is -1.40. The molecule has 0 bridgehead atoms. The quantitative estimate of drug-likeness (QED) is 0.611. The molecule has 2 atom stereocenters. The van der Waals surface area contributed by atoms with Gasteiger partial charge in [-0.2, -0.15) is 0 Å². The Balaban J connectivity index is 0.00000169. The molecule has 0 saturated heterocycles. The molecule has 0 aromatic heterocycles. The highest BCUT2D eigenvalue weighted by molar-refractivity contribution is 5.86. The zero-order valence-electron chi connectivity index (χ0n) is 7.90. The van der Waals surface area contributed by atoms with Gasteiger partial charge in [-0.3, -0.25) is 4.79 Å². The number of carboxylic acids is 1. The van der Waals surface area contributed by atoms with Gasteiger partial charge in [0.2, 0.25) is 5.91 Å². The number of nitrogens with two attached hydrogens (primary N) is 1. The minimum atomic E-state index is -0.975. The first kappa shape index (κ1) is 13.2. The predicted molar refractivity (Wildman–Crippen MR) is 53.2 cm³/mol. The van der Waals surface area contributed by atoms with Crippen molar-refractivity contribution in [2.75, 3.05) is 0 Å². The molecule has 1 rings (SSSR count). The van der Waals surface area contributed by atoms with Crippen molar-refractivity contribution < 1.29 is 14.7 Å². The van der Waals surface area contributed by atoms with Gasteiger partial charge in [-0.1, -0.05) is 0 Å². The number of hydrogen-bond acceptors (Lipinski definition) is 3. The molecule has 0 heterocycles. The van der Waals surface area contributed by atoms with Crippen LogP contribution in [0.2, 0.25) is 0 Å². The maximum Gasteiger partial charge on any atom is 0.326 e. The lowest BCUT2D eigenvalue weighted by molar-refractivity contribution is -0.142. The summed E-state index contributed by atoms with van der Waals surface area (Å²) in [6.45, 7) is 1.53. The molecule has 1 aliphatic rings. The lowest BCUT2D eigenvalue weighted by Gasteiger charge is -2.14. The predicted octanol–water partition coefficient (Wildman–Crippen LogP) is -0.265. The van der Waals surface area contributed by atoms with Crippen molar-refractivity contribution in [2.45, 2.75) is 31.8 Å². The summed E-state index contributed by atoms with van der Waals surface area (Å²) in [5.74, 6) is -1.28. The third-order valence-corrected chi connectivity index (χ3v) is 2.07. The summed E-state index contributed by atoms with van der Waals surface area (Å²) in [5, 5.41) is 11.2. The fourth-order valence-electron chi connectivity index (χ4n) is 1.10. The average Bonchev–Trinajstić information content (AvgIpc) is 2.81. The number of rotatable bonds is 4. The number of carbonyl (C=O) groups excluding carboxylic acids is 1. The van der Waals surface area contributed by atoms with E-state index in [0.717, 1.165) is 12.8 Å². The van der Waals surface area contributed by atoms with Crippen molar-refractivity contribution in [3.05, 3.63) is 0 Å². The lowest BCUT2D eigenvalue weighted by Crippen LogP contribution is -2.48. The van der Waals surface area contributed by atoms with Crippen molar-refractivity contribution >= 4 is 24.3 Å². The maximum atomic E-state index is 11.1. The van der Waals surface area contributed by atoms with Gasteiger partial charge in [0.1, 0.15) is 6.04 Å². The Kier molecular flexibility index (Phi) is 4.87. The zero-order valence-corrected chi connectivity index (χ0v) is 8.71. The van der Waals surface area contributed by atoms with Crippen LogP contribution in [0.15, 0.2) is 0 Å². The third kappa shape index (κ3) is 3.51. The number of halogens is 1. The Hall–Kier alpha value is -0.810. The topological polar surface area (TPSA) is 92.4 Å². The second-order valence-corrected chi connectivity index (χ2v) is 3.45. The third-order valence-electron chi connectivity index (χ3n) is 2.07. The van der Waals surface area contributed by atoms with E-state index < -0.39 is 24.0 Å². The zero-order chi connectivity index (χ0) is 10.0. The number of nitrogens with one attached hydrogen (secondary N) is 1. The van der Waals surface area contributed by atoms with Gasteiger partial charge in [0.05, 0.1) is 6.04 Å². The molecular formula is C8H15ClN2O3. The van der Waals surface area contributed by atoms with Gasteiger partial charge >= 0.3 is 5.97 Å². The lowest BCUT2D eigenvalue weighted by atomic mass is 10.2. The van der Waals surface area contributed by atoms with Crippen molar-refractivity contribution in [1.82, 2.24) is 5.32 Å². The monoisotopic (exact) mass is 222 g/mol. The molecule has 6 heteroatoms. The molecule has 14 heavy (non-hydrogen) atoms. The molecule has 4 N–H and O–H groups in total. The number of carbonyl (C=O) groups is 2. The number of aliphatic carboxylic acids is 1. The van der Waals surface area contributed by atoms with Crippen LogP contribution in [0, 0.1) is 5.92 Å². The first-order valence-corrected chi connectivity index (χ1v) is 4.31. The van der Waals surface area contributed by atoms with Crippen LogP contribution >= 0.6 is 12.4 Å². The van der Waals surface area contributed by atoms with E-state index in [1.807, 2.05) is 0 Å². The molecule has 1 saturated carbocycles. The summed E-state index contributed by atoms with van der Waals surface area (Å²) >= 11 is 0. The van der Waals surface area contributed by atoms with E-state index in [9.17, 15) is 9.59 Å². The molecule has 5 nitrogen and oxygen atoms in total. The van der Waals surface area contributed by atoms with E-state index in [1.165, 1.54) is 6.92 Å². The maximum absolute atomic E-state index is 11.1. The van der Waals surface area contributed by atoms with Gasteiger partial charge in [0.25, 0.3) is 0 Å². The standard InChI is InChI=1S/C8H14N2O3.ClH/c1-4(9)7(11)10-6(8(12)13)5-2-3-5;/h4-6H,2-3,9H2,1H3,(H,10,11)(H,12,13);1H/t4-,6?;/m0./s1. The highest BCUT2D eigenvalue weighted by atomic mass is 35.5. The summed E-state index contributed by atoms with van der Waals surface area (Å²) in [4.78, 5) is 21.8. The van der Waals surface area contributed by atoms with E-state index >= 15 is 0 Å². The molecule has 1 unspecified atom stereocenters. The Labute approximate surface area is 88.4 Å². The highest BCUT2D eigenvalue weighted by Gasteiger charge is 2.37. The van der Waals surface area contributed by atoms with E-state index in [2.05, 4.69) is 5.32 Å². The first-order chi connectivity index (χ1) is 6.02. The van der Waals surface area contributed by atoms with Gasteiger partial charge in [0, 0.05) is 0 Å². The number of carboxylic acid groups (broad SMARTS) is 1. The SMILES string of the molecule is C[C@H](N)C(=O)NC(C(=O)O)C1CC1.Cl. The number of hydrogen-bond donors (Lipinski definition) is 3. The fourth-order valence-corrected chi connectivity index (χ4v) is 1.10. The van der Waals surface area contributed by atoms with Gasteiger partial charge in [0.15, 0.2) is 0 Å². The molecule has 0 aromatic carbocycles. The van der Waals surface area contributed by atoms with Crippen molar-refractivity contribution in [2.24, 2.45) is 11.7 Å². The van der Waals surface area contributed by atoms with Crippen LogP contribution in [0.5, 0.6) is 0 Å². The second-order valence-electron chi connectivity index (χ2n) is 3.45. The average molecular weight is 223 g/mol. The normalized spacial score (nSPS) is 19.0. The van der Waals surface area contributed by atoms with Crippen LogP contribution in [0.25, 0.3) is 0 Å². The van der Waals surface area contributed by atoms with Crippen LogP contribution in [0.4, 0.5) is 0 Å². The van der Waals surface area contributed by atoms with Crippen molar-refractivity contribution in [3.8, 4) is 0 Å². The molecule has 1 aliphatic carbocycles. The Bertz CT molecular complexity index is 229. The summed E-state index contributed by atoms with van der Waals surface area (Å²) in [5.41, 5.74) is 5.30. The Morgan fingerprint density at radius 1 is 1.50 bits per heavy atom. The number of amides is 1. The van der Waals surface area contributed by atoms with Crippen molar-refractivity contribution in [3.63, 3.8) is 0 Å². The largest absolute Gasteiger partial charge is 0.480 e. The van der Waals surface area contributed by atoms with Gasteiger partial charge in [-0.25, -0.2) is 4.79 Å². The summed E-state index contributed by atoms with van der Waals surface area (Å²) in [6.07, 6.45) is 1.74. The summed E-state index contributed by atoms with van der Waals surface area (Å²) < 4.78 is 0. The van der Waals surface area contributed by atoms with E-state index in [4.69, 9.17) is 10.8 Å². The smallest absolute Gasteiger partial charge is 0.326 e.